The summed E-state index contributed by atoms with van der Waals surface area (Å²) < 4.78 is 5.17. The summed E-state index contributed by atoms with van der Waals surface area (Å²) in [4.78, 5) is 11.8. The molecule has 82 valence electrons. The van der Waals surface area contributed by atoms with Crippen LogP contribution in [0.25, 0.3) is 0 Å². The van der Waals surface area contributed by atoms with Crippen LogP contribution in [0.1, 0.15) is 28.4 Å². The van der Waals surface area contributed by atoms with Crippen molar-refractivity contribution in [3.8, 4) is 5.75 Å². The van der Waals surface area contributed by atoms with Gasteiger partial charge < -0.3 is 4.74 Å². The molecule has 0 fully saturated rings. The molecule has 0 bridgehead atoms. The van der Waals surface area contributed by atoms with E-state index in [1.165, 1.54) is 0 Å². The lowest BCUT2D eigenvalue weighted by Crippen LogP contribution is -2.12. The molecule has 0 aliphatic carbocycles. The predicted octanol–water partition coefficient (Wildman–Crippen LogP) is 3.12. The molecular weight excluding hydrogens is 212 g/mol. The molecule has 0 aromatic heterocycles. The van der Waals surface area contributed by atoms with Gasteiger partial charge >= 0.3 is 0 Å². The average molecular weight is 227 g/mol. The first kappa shape index (κ1) is 12.1. The third-order valence-electron chi connectivity index (χ3n) is 2.44. The van der Waals surface area contributed by atoms with Crippen LogP contribution in [0.5, 0.6) is 5.75 Å². The number of methoxy groups -OCH3 is 1. The lowest BCUT2D eigenvalue weighted by Gasteiger charge is -2.11. The minimum Gasteiger partial charge on any atom is -0.496 e. The van der Waals surface area contributed by atoms with Gasteiger partial charge in [0.2, 0.25) is 0 Å². The molecule has 15 heavy (non-hydrogen) atoms. The van der Waals surface area contributed by atoms with E-state index >= 15 is 0 Å². The van der Waals surface area contributed by atoms with Crippen molar-refractivity contribution in [3.63, 3.8) is 0 Å². The maximum atomic E-state index is 11.8. The van der Waals surface area contributed by atoms with Crippen LogP contribution in [0.2, 0.25) is 0 Å². The first-order chi connectivity index (χ1) is 6.97. The van der Waals surface area contributed by atoms with E-state index in [1.807, 2.05) is 26.0 Å². The molecule has 1 aromatic rings. The summed E-state index contributed by atoms with van der Waals surface area (Å²) in [5, 5.41) is -0.527. The number of aryl methyl sites for hydroxylation is 2. The molecular formula is C12H15ClO2. The van der Waals surface area contributed by atoms with Crippen LogP contribution in [-0.4, -0.2) is 18.3 Å². The molecule has 0 N–H and O–H groups in total. The highest BCUT2D eigenvalue weighted by Crippen LogP contribution is 2.25. The number of ether oxygens (including phenoxy) is 1. The lowest BCUT2D eigenvalue weighted by atomic mass is 10.0. The minimum atomic E-state index is -0.527. The molecule has 2 nitrogen and oxygen atoms in total. The van der Waals surface area contributed by atoms with Gasteiger partial charge in [0, 0.05) is 0 Å². The molecule has 1 atom stereocenters. The Hall–Kier alpha value is -1.02. The fourth-order valence-electron chi connectivity index (χ4n) is 1.37. The first-order valence-corrected chi connectivity index (χ1v) is 5.24. The number of benzene rings is 1. The van der Waals surface area contributed by atoms with Crippen LogP contribution < -0.4 is 4.74 Å². The van der Waals surface area contributed by atoms with Crippen molar-refractivity contribution >= 4 is 17.4 Å². The van der Waals surface area contributed by atoms with E-state index in [2.05, 4.69) is 0 Å². The van der Waals surface area contributed by atoms with Crippen molar-refractivity contribution in [2.45, 2.75) is 26.1 Å². The summed E-state index contributed by atoms with van der Waals surface area (Å²) in [6.07, 6.45) is 0. The molecule has 0 aliphatic heterocycles. The van der Waals surface area contributed by atoms with Gasteiger partial charge in [0.05, 0.1) is 18.1 Å². The van der Waals surface area contributed by atoms with Crippen LogP contribution in [0.15, 0.2) is 12.1 Å². The highest BCUT2D eigenvalue weighted by Gasteiger charge is 2.17. The van der Waals surface area contributed by atoms with E-state index < -0.39 is 5.38 Å². The molecule has 0 spiro atoms. The molecule has 1 aromatic carbocycles. The lowest BCUT2D eigenvalue weighted by molar-refractivity contribution is 0.0988. The number of rotatable bonds is 3. The van der Waals surface area contributed by atoms with Gasteiger partial charge in [0.1, 0.15) is 5.75 Å². The number of hydrogen-bond donors (Lipinski definition) is 0. The SMILES string of the molecule is COc1cc(C)c(C)cc1C(=O)C(C)Cl. The standard InChI is InChI=1S/C12H15ClO2/c1-7-5-10(12(14)9(3)13)11(15-4)6-8(7)2/h5-6,9H,1-4H3. The third kappa shape index (κ3) is 2.51. The van der Waals surface area contributed by atoms with Crippen molar-refractivity contribution in [1.82, 2.24) is 0 Å². The molecule has 1 unspecified atom stereocenters. The van der Waals surface area contributed by atoms with Crippen LogP contribution >= 0.6 is 11.6 Å². The monoisotopic (exact) mass is 226 g/mol. The number of ketones is 1. The van der Waals surface area contributed by atoms with Crippen LogP contribution in [0.4, 0.5) is 0 Å². The highest BCUT2D eigenvalue weighted by molar-refractivity contribution is 6.34. The van der Waals surface area contributed by atoms with Gasteiger partial charge in [-0.25, -0.2) is 0 Å². The predicted molar refractivity (Wildman–Crippen MR) is 62.1 cm³/mol. The van der Waals surface area contributed by atoms with E-state index in [0.717, 1.165) is 11.1 Å². The molecule has 0 aliphatic rings. The summed E-state index contributed by atoms with van der Waals surface area (Å²) in [5.41, 5.74) is 2.73. The summed E-state index contributed by atoms with van der Waals surface area (Å²) in [5.74, 6) is 0.493. The second-order valence-electron chi connectivity index (χ2n) is 3.62. The van der Waals surface area contributed by atoms with Crippen molar-refractivity contribution in [2.24, 2.45) is 0 Å². The smallest absolute Gasteiger partial charge is 0.184 e. The van der Waals surface area contributed by atoms with E-state index in [0.29, 0.717) is 11.3 Å². The van der Waals surface area contributed by atoms with Gasteiger partial charge in [-0.05, 0) is 44.0 Å². The van der Waals surface area contributed by atoms with Crippen LogP contribution in [0.3, 0.4) is 0 Å². The molecule has 0 heterocycles. The second kappa shape index (κ2) is 4.67. The Kier molecular flexibility index (Phi) is 3.75. The van der Waals surface area contributed by atoms with Gasteiger partial charge in [0.15, 0.2) is 5.78 Å². The molecule has 0 saturated carbocycles. The number of carbonyl (C=O) groups excluding carboxylic acids is 1. The van der Waals surface area contributed by atoms with Crippen molar-refractivity contribution in [1.29, 1.82) is 0 Å². The summed E-state index contributed by atoms with van der Waals surface area (Å²) in [6, 6.07) is 3.69. The van der Waals surface area contributed by atoms with E-state index in [9.17, 15) is 4.79 Å². The molecule has 0 amide bonds. The summed E-state index contributed by atoms with van der Waals surface area (Å²) in [7, 11) is 1.56. The number of halogens is 1. The zero-order valence-corrected chi connectivity index (χ0v) is 10.2. The zero-order chi connectivity index (χ0) is 11.6. The van der Waals surface area contributed by atoms with Gasteiger partial charge in [-0.3, -0.25) is 4.79 Å². The summed E-state index contributed by atoms with van der Waals surface area (Å²) in [6.45, 7) is 5.61. The maximum absolute atomic E-state index is 11.8. The minimum absolute atomic E-state index is 0.100. The van der Waals surface area contributed by atoms with Crippen molar-refractivity contribution < 1.29 is 9.53 Å². The Morgan fingerprint density at radius 2 is 1.87 bits per heavy atom. The average Bonchev–Trinajstić information content (AvgIpc) is 2.20. The molecule has 0 saturated heterocycles. The normalized spacial score (nSPS) is 12.3. The van der Waals surface area contributed by atoms with Gasteiger partial charge in [-0.1, -0.05) is 0 Å². The largest absolute Gasteiger partial charge is 0.496 e. The second-order valence-corrected chi connectivity index (χ2v) is 4.27. The number of carbonyl (C=O) groups is 1. The van der Waals surface area contributed by atoms with E-state index in [4.69, 9.17) is 16.3 Å². The van der Waals surface area contributed by atoms with Crippen LogP contribution in [-0.2, 0) is 0 Å². The highest BCUT2D eigenvalue weighted by atomic mass is 35.5. The molecule has 1 rings (SSSR count). The molecule has 3 heteroatoms. The van der Waals surface area contributed by atoms with Gasteiger partial charge in [0.25, 0.3) is 0 Å². The Bertz CT molecular complexity index is 383. The first-order valence-electron chi connectivity index (χ1n) is 4.81. The quantitative estimate of drug-likeness (QED) is 0.585. The number of hydrogen-bond acceptors (Lipinski definition) is 2. The zero-order valence-electron chi connectivity index (χ0n) is 9.43. The van der Waals surface area contributed by atoms with E-state index in [1.54, 1.807) is 14.0 Å². The Balaban J connectivity index is 3.27. The maximum Gasteiger partial charge on any atom is 0.184 e. The molecule has 0 radical (unpaired) electrons. The fourth-order valence-corrected chi connectivity index (χ4v) is 1.48. The van der Waals surface area contributed by atoms with Crippen LogP contribution in [0, 0.1) is 13.8 Å². The fraction of sp³-hybridized carbons (Fsp3) is 0.417. The van der Waals surface area contributed by atoms with Gasteiger partial charge in [-0.2, -0.15) is 0 Å². The number of alkyl halides is 1. The Labute approximate surface area is 95.2 Å². The van der Waals surface area contributed by atoms with Gasteiger partial charge in [-0.15, -0.1) is 11.6 Å². The third-order valence-corrected chi connectivity index (χ3v) is 2.64. The van der Waals surface area contributed by atoms with E-state index in [-0.39, 0.29) is 5.78 Å². The number of Topliss-reactive ketones (excluding diaryl/α,β-unsaturated/α-hetero) is 1. The van der Waals surface area contributed by atoms with Crippen molar-refractivity contribution in [3.05, 3.63) is 28.8 Å². The van der Waals surface area contributed by atoms with Crippen molar-refractivity contribution in [2.75, 3.05) is 7.11 Å². The Morgan fingerprint density at radius 3 is 2.33 bits per heavy atom. The Morgan fingerprint density at radius 1 is 1.33 bits per heavy atom. The summed E-state index contributed by atoms with van der Waals surface area (Å²) >= 11 is 5.78. The topological polar surface area (TPSA) is 26.3 Å².